The van der Waals surface area contributed by atoms with Crippen molar-refractivity contribution in [1.29, 1.82) is 0 Å². The van der Waals surface area contributed by atoms with Gasteiger partial charge in [0.1, 0.15) is 0 Å². The molecule has 0 aromatic heterocycles. The van der Waals surface area contributed by atoms with Crippen LogP contribution in [0.25, 0.3) is 0 Å². The average Bonchev–Trinajstić information content (AvgIpc) is 2.23. The molecule has 0 atom stereocenters. The van der Waals surface area contributed by atoms with E-state index < -0.39 is 18.0 Å². The van der Waals surface area contributed by atoms with Crippen molar-refractivity contribution < 1.29 is 31.4 Å². The highest BCUT2D eigenvalue weighted by Crippen LogP contribution is 2.42. The molecule has 0 radical (unpaired) electrons. The first kappa shape index (κ1) is 19.4. The molecule has 0 fully saturated rings. The lowest BCUT2D eigenvalue weighted by molar-refractivity contribution is -0.343. The molecule has 0 spiro atoms. The molecule has 0 saturated heterocycles. The topological polar surface area (TPSA) is 20.2 Å². The lowest BCUT2D eigenvalue weighted by atomic mass is 10.0. The third-order valence-corrected chi connectivity index (χ3v) is 1.77. The van der Waals surface area contributed by atoms with Crippen molar-refractivity contribution in [3.8, 4) is 11.8 Å². The Morgan fingerprint density at radius 3 is 1.33 bits per heavy atom. The Morgan fingerprint density at radius 1 is 0.833 bits per heavy atom. The second-order valence-electron chi connectivity index (χ2n) is 3.36. The van der Waals surface area contributed by atoms with Gasteiger partial charge in [0.2, 0.25) is 0 Å². The van der Waals surface area contributed by atoms with Gasteiger partial charge in [-0.3, -0.25) is 0 Å². The van der Waals surface area contributed by atoms with Crippen molar-refractivity contribution in [2.45, 2.75) is 58.0 Å². The maximum atomic E-state index is 11.9. The molecule has 0 rings (SSSR count). The first-order valence-electron chi connectivity index (χ1n) is 5.33. The molecule has 7 heteroatoms. The maximum Gasteiger partial charge on any atom is 0.438 e. The number of halogens is 6. The molecule has 0 aromatic carbocycles. The summed E-state index contributed by atoms with van der Waals surface area (Å²) in [7, 11) is 0. The Bertz CT molecular complexity index is 265. The standard InChI is InChI=1S/C7H6F6O.C4H10/c1-2-3-4-5(14,6(8,9)10)7(11,12)13;1-3-4-2/h14H,2H2,1H3;3-4H2,1-2H3. The predicted molar refractivity (Wildman–Crippen MR) is 55.7 cm³/mol. The fraction of sp³-hybridized carbons (Fsp3) is 0.818. The van der Waals surface area contributed by atoms with Gasteiger partial charge in [-0.2, -0.15) is 26.3 Å². The van der Waals surface area contributed by atoms with Gasteiger partial charge in [-0.1, -0.05) is 39.5 Å². The highest BCUT2D eigenvalue weighted by Gasteiger charge is 2.70. The lowest BCUT2D eigenvalue weighted by Crippen LogP contribution is -2.55. The van der Waals surface area contributed by atoms with Crippen LogP contribution in [0.4, 0.5) is 26.3 Å². The van der Waals surface area contributed by atoms with Gasteiger partial charge in [-0.15, -0.1) is 0 Å². The number of hydrogen-bond acceptors (Lipinski definition) is 1. The van der Waals surface area contributed by atoms with Crippen LogP contribution in [0.1, 0.15) is 40.0 Å². The van der Waals surface area contributed by atoms with Crippen molar-refractivity contribution >= 4 is 0 Å². The summed E-state index contributed by atoms with van der Waals surface area (Å²) in [4.78, 5) is 0. The molecule has 1 nitrogen and oxygen atoms in total. The highest BCUT2D eigenvalue weighted by molar-refractivity contribution is 5.20. The monoisotopic (exact) mass is 278 g/mol. The zero-order valence-electron chi connectivity index (χ0n) is 10.3. The number of hydrogen-bond donors (Lipinski definition) is 1. The molecule has 0 unspecified atom stereocenters. The zero-order valence-corrected chi connectivity index (χ0v) is 10.3. The van der Waals surface area contributed by atoms with Crippen molar-refractivity contribution in [3.05, 3.63) is 0 Å². The molecular weight excluding hydrogens is 262 g/mol. The predicted octanol–water partition coefficient (Wildman–Crippen LogP) is 4.06. The van der Waals surface area contributed by atoms with Crippen LogP contribution in [0.15, 0.2) is 0 Å². The van der Waals surface area contributed by atoms with E-state index in [1.54, 1.807) is 5.92 Å². The molecule has 0 saturated carbocycles. The highest BCUT2D eigenvalue weighted by atomic mass is 19.4. The van der Waals surface area contributed by atoms with Crippen LogP contribution in [-0.4, -0.2) is 23.1 Å². The van der Waals surface area contributed by atoms with Crippen molar-refractivity contribution in [2.24, 2.45) is 0 Å². The first-order chi connectivity index (χ1) is 7.97. The first-order valence-corrected chi connectivity index (χ1v) is 5.33. The Labute approximate surface area is 102 Å². The Morgan fingerprint density at radius 2 is 1.17 bits per heavy atom. The van der Waals surface area contributed by atoms with Crippen LogP contribution < -0.4 is 0 Å². The van der Waals surface area contributed by atoms with E-state index >= 15 is 0 Å². The van der Waals surface area contributed by atoms with E-state index in [-0.39, 0.29) is 6.42 Å². The largest absolute Gasteiger partial charge is 0.438 e. The lowest BCUT2D eigenvalue weighted by Gasteiger charge is -2.27. The zero-order chi connectivity index (χ0) is 15.0. The fourth-order valence-electron chi connectivity index (χ4n) is 0.519. The molecular formula is C11H16F6O. The van der Waals surface area contributed by atoms with Crippen LogP contribution in [-0.2, 0) is 0 Å². The van der Waals surface area contributed by atoms with Gasteiger partial charge < -0.3 is 5.11 Å². The van der Waals surface area contributed by atoms with E-state index in [4.69, 9.17) is 5.11 Å². The third-order valence-electron chi connectivity index (χ3n) is 1.77. The smallest absolute Gasteiger partial charge is 0.363 e. The van der Waals surface area contributed by atoms with E-state index in [0.717, 1.165) is 5.92 Å². The number of rotatable bonds is 1. The summed E-state index contributed by atoms with van der Waals surface area (Å²) in [5.41, 5.74) is -4.93. The van der Waals surface area contributed by atoms with Crippen LogP contribution in [0, 0.1) is 11.8 Å². The Kier molecular flexibility index (Phi) is 8.12. The minimum atomic E-state index is -5.85. The fourth-order valence-corrected chi connectivity index (χ4v) is 0.519. The summed E-state index contributed by atoms with van der Waals surface area (Å²) in [6.07, 6.45) is -9.28. The van der Waals surface area contributed by atoms with Gasteiger partial charge in [-0.05, 0) is 5.92 Å². The van der Waals surface area contributed by atoms with E-state index in [1.807, 2.05) is 0 Å². The molecule has 0 aliphatic rings. The SMILES string of the molecule is CCC#CC(O)(C(F)(F)F)C(F)(F)F.CCCC. The van der Waals surface area contributed by atoms with Gasteiger partial charge in [0, 0.05) is 6.42 Å². The van der Waals surface area contributed by atoms with Gasteiger partial charge in [0.25, 0.3) is 0 Å². The van der Waals surface area contributed by atoms with E-state index in [1.165, 1.54) is 19.8 Å². The summed E-state index contributed by atoms with van der Waals surface area (Å²) in [5.74, 6) is 2.34. The average molecular weight is 278 g/mol. The molecule has 1 N–H and O–H groups in total. The molecule has 0 aliphatic carbocycles. The molecule has 0 bridgehead atoms. The number of unbranched alkanes of at least 4 members (excludes halogenated alkanes) is 1. The minimum Gasteiger partial charge on any atom is -0.363 e. The summed E-state index contributed by atoms with van der Waals surface area (Å²) >= 11 is 0. The number of aliphatic hydroxyl groups is 1. The molecule has 108 valence electrons. The van der Waals surface area contributed by atoms with E-state index in [9.17, 15) is 26.3 Å². The van der Waals surface area contributed by atoms with Crippen LogP contribution in [0.5, 0.6) is 0 Å². The third kappa shape index (κ3) is 5.63. The summed E-state index contributed by atoms with van der Waals surface area (Å²) in [6.45, 7) is 5.63. The Balaban J connectivity index is 0. The van der Waals surface area contributed by atoms with Crippen molar-refractivity contribution in [2.75, 3.05) is 0 Å². The summed E-state index contributed by atoms with van der Waals surface area (Å²) < 4.78 is 71.1. The summed E-state index contributed by atoms with van der Waals surface area (Å²) in [6, 6.07) is 0. The van der Waals surface area contributed by atoms with Gasteiger partial charge >= 0.3 is 18.0 Å². The molecule has 0 amide bonds. The van der Waals surface area contributed by atoms with E-state index in [2.05, 4.69) is 13.8 Å². The molecule has 18 heavy (non-hydrogen) atoms. The molecule has 0 aliphatic heterocycles. The second kappa shape index (κ2) is 7.52. The Hall–Kier alpha value is -0.900. The summed E-state index contributed by atoms with van der Waals surface area (Å²) in [5, 5.41) is 8.39. The molecule has 0 aromatic rings. The van der Waals surface area contributed by atoms with Crippen LogP contribution >= 0.6 is 0 Å². The van der Waals surface area contributed by atoms with E-state index in [0.29, 0.717) is 0 Å². The normalized spacial score (nSPS) is 12.1. The minimum absolute atomic E-state index is 0.214. The van der Waals surface area contributed by atoms with Gasteiger partial charge in [0.05, 0.1) is 0 Å². The van der Waals surface area contributed by atoms with Crippen molar-refractivity contribution in [3.63, 3.8) is 0 Å². The maximum absolute atomic E-state index is 11.9. The number of alkyl halides is 6. The van der Waals surface area contributed by atoms with Gasteiger partial charge in [0.15, 0.2) is 0 Å². The molecule has 0 heterocycles. The van der Waals surface area contributed by atoms with Gasteiger partial charge in [-0.25, -0.2) is 0 Å². The second-order valence-corrected chi connectivity index (χ2v) is 3.36. The van der Waals surface area contributed by atoms with Crippen LogP contribution in [0.3, 0.4) is 0 Å². The van der Waals surface area contributed by atoms with Crippen molar-refractivity contribution in [1.82, 2.24) is 0 Å². The quantitative estimate of drug-likeness (QED) is 0.566. The van der Waals surface area contributed by atoms with Crippen LogP contribution in [0.2, 0.25) is 0 Å².